The highest BCUT2D eigenvalue weighted by molar-refractivity contribution is 5.85. The summed E-state index contributed by atoms with van der Waals surface area (Å²) in [4.78, 5) is 33.2. The summed E-state index contributed by atoms with van der Waals surface area (Å²) in [6.07, 6.45) is 4.98. The highest BCUT2D eigenvalue weighted by atomic mass is 35.5. The van der Waals surface area contributed by atoms with E-state index in [1.165, 1.54) is 5.56 Å². The Morgan fingerprint density at radius 2 is 1.63 bits per heavy atom. The molecule has 3 heterocycles. The highest BCUT2D eigenvalue weighted by Crippen LogP contribution is 2.43. The normalized spacial score (nSPS) is 25.0. The molecule has 0 N–H and O–H groups in total. The lowest BCUT2D eigenvalue weighted by Crippen LogP contribution is -2.46. The van der Waals surface area contributed by atoms with Crippen LogP contribution < -0.4 is 4.74 Å². The average molecular weight is 538 g/mol. The van der Waals surface area contributed by atoms with Crippen molar-refractivity contribution < 1.29 is 14.3 Å². The minimum absolute atomic E-state index is 0. The van der Waals surface area contributed by atoms with Crippen LogP contribution in [0.1, 0.15) is 49.1 Å². The van der Waals surface area contributed by atoms with E-state index in [-0.39, 0.29) is 23.7 Å². The zero-order valence-corrected chi connectivity index (χ0v) is 23.2. The van der Waals surface area contributed by atoms with Gasteiger partial charge < -0.3 is 19.4 Å². The van der Waals surface area contributed by atoms with Gasteiger partial charge in [-0.2, -0.15) is 0 Å². The number of ether oxygens (including phenoxy) is 1. The minimum Gasteiger partial charge on any atom is -0.497 e. The third kappa shape index (κ3) is 5.43. The van der Waals surface area contributed by atoms with E-state index in [2.05, 4.69) is 57.2 Å². The Morgan fingerprint density at radius 1 is 0.947 bits per heavy atom. The Morgan fingerprint density at radius 3 is 2.29 bits per heavy atom. The summed E-state index contributed by atoms with van der Waals surface area (Å²) in [7, 11) is 1.67. The topological polar surface area (TPSA) is 53.1 Å². The summed E-state index contributed by atoms with van der Waals surface area (Å²) in [5.74, 6) is 2.68. The Kier molecular flexibility index (Phi) is 8.01. The molecule has 2 amide bonds. The van der Waals surface area contributed by atoms with Gasteiger partial charge in [-0.3, -0.25) is 9.59 Å². The molecule has 1 saturated carbocycles. The number of hydrogen-bond donors (Lipinski definition) is 0. The molecule has 0 radical (unpaired) electrons. The first kappa shape index (κ1) is 27.0. The van der Waals surface area contributed by atoms with Gasteiger partial charge >= 0.3 is 0 Å². The number of methoxy groups -OCH3 is 1. The van der Waals surface area contributed by atoms with Gasteiger partial charge in [-0.15, -0.1) is 12.4 Å². The lowest BCUT2D eigenvalue weighted by molar-refractivity contribution is -0.139. The van der Waals surface area contributed by atoms with Crippen molar-refractivity contribution in [3.05, 3.63) is 65.7 Å². The molecule has 2 aromatic rings. The molecule has 0 bridgehead atoms. The van der Waals surface area contributed by atoms with Gasteiger partial charge in [0.25, 0.3) is 0 Å². The van der Waals surface area contributed by atoms with Crippen molar-refractivity contribution in [2.75, 3.05) is 46.4 Å². The molecule has 1 aliphatic carbocycles. The number of halogens is 1. The van der Waals surface area contributed by atoms with Crippen LogP contribution in [0, 0.1) is 17.3 Å². The molecule has 204 valence electrons. The van der Waals surface area contributed by atoms with Crippen LogP contribution in [0.15, 0.2) is 54.6 Å². The van der Waals surface area contributed by atoms with Gasteiger partial charge in [-0.25, -0.2) is 0 Å². The van der Waals surface area contributed by atoms with Gasteiger partial charge in [-0.1, -0.05) is 42.5 Å². The fraction of sp³-hybridized carbons (Fsp3) is 0.548. The van der Waals surface area contributed by atoms with Gasteiger partial charge in [-0.05, 0) is 74.4 Å². The fourth-order valence-corrected chi connectivity index (χ4v) is 6.86. The van der Waals surface area contributed by atoms with Crippen LogP contribution in [0.3, 0.4) is 0 Å². The van der Waals surface area contributed by atoms with Gasteiger partial charge in [0.2, 0.25) is 11.8 Å². The third-order valence-electron chi connectivity index (χ3n) is 9.35. The van der Waals surface area contributed by atoms with E-state index in [9.17, 15) is 9.59 Å². The van der Waals surface area contributed by atoms with Crippen LogP contribution in [0.5, 0.6) is 5.75 Å². The zero-order valence-electron chi connectivity index (χ0n) is 22.4. The van der Waals surface area contributed by atoms with Crippen molar-refractivity contribution in [3.63, 3.8) is 0 Å². The second kappa shape index (κ2) is 11.3. The summed E-state index contributed by atoms with van der Waals surface area (Å²) in [5.41, 5.74) is 2.32. The first-order valence-corrected chi connectivity index (χ1v) is 14.0. The maximum absolute atomic E-state index is 13.5. The highest BCUT2D eigenvalue weighted by Gasteiger charge is 2.49. The maximum Gasteiger partial charge on any atom is 0.229 e. The first-order chi connectivity index (χ1) is 18.0. The number of piperidine rings is 1. The number of carbonyl (C=O) groups excluding carboxylic acids is 2. The van der Waals surface area contributed by atoms with Crippen LogP contribution in [0.4, 0.5) is 0 Å². The van der Waals surface area contributed by atoms with Crippen LogP contribution in [0.25, 0.3) is 0 Å². The molecule has 7 heteroatoms. The number of nitrogens with zero attached hydrogens (tertiary/aromatic N) is 3. The standard InChI is InChI=1S/C31H39N3O3.ClH/c1-37-27-11-7-23(8-12-27)19-33-18-15-31(30(33)36)13-16-32(17-14-31)20-26-21-34(29(35)25-9-10-25)22-28(26)24-5-3-2-4-6-24;/h2-8,11-12,25-26,28H,9-10,13-22H2,1H3;1H/t26-,28+;/m0./s1. The largest absolute Gasteiger partial charge is 0.497 e. The van der Waals surface area contributed by atoms with Crippen molar-refractivity contribution in [2.45, 2.75) is 44.6 Å². The van der Waals surface area contributed by atoms with Crippen LogP contribution in [-0.4, -0.2) is 72.9 Å². The molecule has 3 aliphatic heterocycles. The maximum atomic E-state index is 13.5. The summed E-state index contributed by atoms with van der Waals surface area (Å²) in [6.45, 7) is 6.19. The molecule has 2 atom stereocenters. The molecule has 3 saturated heterocycles. The van der Waals surface area contributed by atoms with E-state index in [0.29, 0.717) is 30.2 Å². The Labute approximate surface area is 232 Å². The van der Waals surface area contributed by atoms with E-state index >= 15 is 0 Å². The molecule has 6 rings (SSSR count). The molecule has 4 fully saturated rings. The quantitative estimate of drug-likeness (QED) is 0.518. The van der Waals surface area contributed by atoms with E-state index in [0.717, 1.165) is 82.7 Å². The smallest absolute Gasteiger partial charge is 0.229 e. The second-order valence-corrected chi connectivity index (χ2v) is 11.7. The Bertz CT molecular complexity index is 1110. The molecular formula is C31H40ClN3O3. The first-order valence-electron chi connectivity index (χ1n) is 14.0. The number of rotatable bonds is 7. The molecule has 0 aromatic heterocycles. The third-order valence-corrected chi connectivity index (χ3v) is 9.35. The number of carbonyl (C=O) groups is 2. The summed E-state index contributed by atoms with van der Waals surface area (Å²) >= 11 is 0. The van der Waals surface area contributed by atoms with Crippen molar-refractivity contribution in [1.82, 2.24) is 14.7 Å². The van der Waals surface area contributed by atoms with Gasteiger partial charge in [0, 0.05) is 44.6 Å². The summed E-state index contributed by atoms with van der Waals surface area (Å²) in [5, 5.41) is 0. The van der Waals surface area contributed by atoms with Crippen molar-refractivity contribution in [1.29, 1.82) is 0 Å². The van der Waals surface area contributed by atoms with Crippen LogP contribution in [-0.2, 0) is 16.1 Å². The van der Waals surface area contributed by atoms with Crippen molar-refractivity contribution >= 4 is 24.2 Å². The molecule has 4 aliphatic rings. The molecule has 2 aromatic carbocycles. The monoisotopic (exact) mass is 537 g/mol. The Balaban J connectivity index is 0.00000294. The minimum atomic E-state index is -0.189. The lowest BCUT2D eigenvalue weighted by atomic mass is 9.76. The van der Waals surface area contributed by atoms with Crippen LogP contribution >= 0.6 is 12.4 Å². The average Bonchev–Trinajstić information content (AvgIpc) is 3.65. The number of likely N-dealkylation sites (tertiary alicyclic amines) is 3. The van der Waals surface area contributed by atoms with E-state index in [1.807, 2.05) is 12.1 Å². The molecule has 38 heavy (non-hydrogen) atoms. The number of amides is 2. The predicted octanol–water partition coefficient (Wildman–Crippen LogP) is 4.58. The molecular weight excluding hydrogens is 498 g/mol. The molecule has 1 spiro atoms. The van der Waals surface area contributed by atoms with E-state index in [4.69, 9.17) is 4.74 Å². The molecule has 0 unspecified atom stereocenters. The summed E-state index contributed by atoms with van der Waals surface area (Å²) < 4.78 is 5.27. The lowest BCUT2D eigenvalue weighted by Gasteiger charge is -2.39. The number of benzene rings is 2. The summed E-state index contributed by atoms with van der Waals surface area (Å²) in [6, 6.07) is 18.8. The fourth-order valence-electron chi connectivity index (χ4n) is 6.86. The van der Waals surface area contributed by atoms with Gasteiger partial charge in [0.1, 0.15) is 5.75 Å². The predicted molar refractivity (Wildman–Crippen MR) is 150 cm³/mol. The van der Waals surface area contributed by atoms with Gasteiger partial charge in [0.05, 0.1) is 12.5 Å². The second-order valence-electron chi connectivity index (χ2n) is 11.7. The van der Waals surface area contributed by atoms with Crippen LogP contribution in [0.2, 0.25) is 0 Å². The zero-order chi connectivity index (χ0) is 25.4. The van der Waals surface area contributed by atoms with E-state index in [1.54, 1.807) is 7.11 Å². The Hall–Kier alpha value is -2.57. The number of hydrogen-bond acceptors (Lipinski definition) is 4. The molecule has 6 nitrogen and oxygen atoms in total. The van der Waals surface area contributed by atoms with E-state index < -0.39 is 0 Å². The SMILES string of the molecule is COc1ccc(CN2CCC3(CCN(C[C@H]4CN(C(=O)C5CC5)C[C@@H]4c4ccccc4)CC3)C2=O)cc1.Cl. The van der Waals surface area contributed by atoms with Crippen molar-refractivity contribution in [2.24, 2.45) is 17.3 Å². The van der Waals surface area contributed by atoms with Crippen molar-refractivity contribution in [3.8, 4) is 5.75 Å². The van der Waals surface area contributed by atoms with Gasteiger partial charge in [0.15, 0.2) is 0 Å².